The molecule has 8 rings (SSSR count). The molecule has 0 spiro atoms. The topological polar surface area (TPSA) is 79.0 Å². The highest BCUT2D eigenvalue weighted by Crippen LogP contribution is 2.42. The van der Waals surface area contributed by atoms with Crippen LogP contribution in [-0.4, -0.2) is 28.3 Å². The van der Waals surface area contributed by atoms with Crippen LogP contribution >= 0.6 is 0 Å². The minimum absolute atomic E-state index is 0.129. The van der Waals surface area contributed by atoms with Gasteiger partial charge in [0.05, 0.1) is 28.5 Å². The number of hydrogen-bond donors (Lipinski definition) is 0. The monoisotopic (exact) mass is 722 g/mol. The van der Waals surface area contributed by atoms with Gasteiger partial charge in [-0.1, -0.05) is 146 Å². The van der Waals surface area contributed by atoms with Crippen molar-refractivity contribution in [2.24, 2.45) is 0 Å². The molecule has 54 heavy (non-hydrogen) atoms. The van der Waals surface area contributed by atoms with Gasteiger partial charge in [-0.05, 0) is 82.1 Å². The predicted molar refractivity (Wildman–Crippen MR) is 214 cm³/mol. The molecule has 0 radical (unpaired) electrons. The number of sulfonamides is 1. The largest absolute Gasteiger partial charge is 0.318 e. The van der Waals surface area contributed by atoms with E-state index in [2.05, 4.69) is 95.7 Å². The molecule has 1 aromatic heterocycles. The average molecular weight is 723 g/mol. The maximum atomic E-state index is 14.5. The first kappa shape index (κ1) is 34.7. The third kappa shape index (κ3) is 6.58. The molecule has 0 amide bonds. The highest BCUT2D eigenvalue weighted by atomic mass is 32.2. The second-order valence-corrected chi connectivity index (χ2v) is 15.5. The van der Waals surface area contributed by atoms with Crippen LogP contribution in [0.5, 0.6) is 0 Å². The quantitative estimate of drug-likeness (QED) is 0.139. The van der Waals surface area contributed by atoms with Crippen LogP contribution in [0.3, 0.4) is 0 Å². The second kappa shape index (κ2) is 15.0. The van der Waals surface area contributed by atoms with E-state index < -0.39 is 21.6 Å². The van der Waals surface area contributed by atoms with E-state index in [4.69, 9.17) is 4.98 Å². The van der Waals surface area contributed by atoms with E-state index >= 15 is 0 Å². The summed E-state index contributed by atoms with van der Waals surface area (Å²) in [6.45, 7) is 0.129. The summed E-state index contributed by atoms with van der Waals surface area (Å²) in [7, 11) is -3.92. The first-order valence-electron chi connectivity index (χ1n) is 18.0. The zero-order chi connectivity index (χ0) is 37.0. The lowest BCUT2D eigenvalue weighted by Gasteiger charge is -2.37. The second-order valence-electron chi connectivity index (χ2n) is 13.6. The van der Waals surface area contributed by atoms with Crippen LogP contribution in [-0.2, 0) is 28.5 Å². The number of hydrogen-bond acceptors (Lipinski definition) is 4. The Hall–Kier alpha value is -6.33. The third-order valence-corrected chi connectivity index (χ3v) is 12.2. The van der Waals surface area contributed by atoms with Gasteiger partial charge in [0.2, 0.25) is 10.0 Å². The van der Waals surface area contributed by atoms with E-state index in [1.165, 1.54) is 0 Å². The van der Waals surface area contributed by atoms with Crippen molar-refractivity contribution in [2.75, 3.05) is 0 Å². The molecule has 7 heteroatoms. The molecule has 0 saturated carbocycles. The number of benzene rings is 6. The molecule has 2 heterocycles. The van der Waals surface area contributed by atoms with Crippen LogP contribution < -0.4 is 0 Å². The van der Waals surface area contributed by atoms with Gasteiger partial charge >= 0.3 is 0 Å². The molecule has 264 valence electrons. The fourth-order valence-electron chi connectivity index (χ4n) is 7.84. The third-order valence-electron chi connectivity index (χ3n) is 10.3. The zero-order valence-corrected chi connectivity index (χ0v) is 30.4. The van der Waals surface area contributed by atoms with Crippen LogP contribution in [0.1, 0.15) is 51.1 Å². The van der Waals surface area contributed by atoms with Gasteiger partial charge in [-0.3, -0.25) is 0 Å². The number of fused-ring (bicyclic) bond motifs is 1. The molecule has 0 saturated heterocycles. The molecular weight excluding hydrogens is 685 g/mol. The van der Waals surface area contributed by atoms with Gasteiger partial charge in [0.25, 0.3) is 0 Å². The Kier molecular flexibility index (Phi) is 9.62. The van der Waals surface area contributed by atoms with Crippen molar-refractivity contribution in [1.82, 2.24) is 13.9 Å². The van der Waals surface area contributed by atoms with Gasteiger partial charge in [-0.25, -0.2) is 13.4 Å². The first-order chi connectivity index (χ1) is 26.5. The molecular formula is C47H38N4O2S. The van der Waals surface area contributed by atoms with Gasteiger partial charge in [0, 0.05) is 18.8 Å². The number of nitriles is 1. The lowest BCUT2D eigenvalue weighted by molar-refractivity contribution is 0.318. The Morgan fingerprint density at radius 1 is 0.722 bits per heavy atom. The molecule has 6 nitrogen and oxygen atoms in total. The summed E-state index contributed by atoms with van der Waals surface area (Å²) in [5.41, 5.74) is 7.45. The van der Waals surface area contributed by atoms with Crippen molar-refractivity contribution in [3.8, 4) is 6.07 Å². The molecule has 6 aromatic carbocycles. The summed E-state index contributed by atoms with van der Waals surface area (Å²) in [6, 6.07) is 57.5. The van der Waals surface area contributed by atoms with Crippen molar-refractivity contribution in [2.45, 2.75) is 35.9 Å². The van der Waals surface area contributed by atoms with Crippen LogP contribution in [0.25, 0.3) is 11.6 Å². The number of nitrogens with zero attached hydrogens (tertiary/aromatic N) is 4. The van der Waals surface area contributed by atoms with E-state index in [1.807, 2.05) is 79.1 Å². The minimum atomic E-state index is -3.92. The van der Waals surface area contributed by atoms with Crippen molar-refractivity contribution in [1.29, 1.82) is 5.26 Å². The molecule has 0 bridgehead atoms. The van der Waals surface area contributed by atoms with Crippen molar-refractivity contribution >= 4 is 21.7 Å². The summed E-state index contributed by atoms with van der Waals surface area (Å²) in [4.78, 5) is 5.26. The minimum Gasteiger partial charge on any atom is -0.318 e. The molecule has 1 aliphatic heterocycles. The molecule has 0 N–H and O–H groups in total. The zero-order valence-electron chi connectivity index (χ0n) is 29.6. The van der Waals surface area contributed by atoms with Gasteiger partial charge in [-0.15, -0.1) is 0 Å². The molecule has 0 unspecified atom stereocenters. The average Bonchev–Trinajstić information content (AvgIpc) is 3.63. The summed E-state index contributed by atoms with van der Waals surface area (Å²) < 4.78 is 32.8. The highest BCUT2D eigenvalue weighted by molar-refractivity contribution is 7.89. The Morgan fingerprint density at radius 3 is 1.81 bits per heavy atom. The summed E-state index contributed by atoms with van der Waals surface area (Å²) >= 11 is 0. The Bertz CT molecular complexity index is 2450. The molecule has 1 aliphatic rings. The van der Waals surface area contributed by atoms with E-state index in [0.717, 1.165) is 44.6 Å². The van der Waals surface area contributed by atoms with E-state index in [1.54, 1.807) is 28.6 Å². The van der Waals surface area contributed by atoms with Crippen LogP contribution in [0, 0.1) is 11.3 Å². The number of imidazole rings is 1. The van der Waals surface area contributed by atoms with Crippen molar-refractivity contribution < 1.29 is 8.42 Å². The molecule has 0 aliphatic carbocycles. The fourth-order valence-corrected chi connectivity index (χ4v) is 9.46. The predicted octanol–water partition coefficient (Wildman–Crippen LogP) is 9.34. The van der Waals surface area contributed by atoms with Gasteiger partial charge < -0.3 is 4.57 Å². The van der Waals surface area contributed by atoms with E-state index in [9.17, 15) is 13.7 Å². The van der Waals surface area contributed by atoms with Gasteiger partial charge in [0.15, 0.2) is 0 Å². The van der Waals surface area contributed by atoms with Gasteiger partial charge in [0.1, 0.15) is 5.54 Å². The maximum Gasteiger partial charge on any atom is 0.243 e. The van der Waals surface area contributed by atoms with Crippen LogP contribution in [0.15, 0.2) is 187 Å². The van der Waals surface area contributed by atoms with Crippen molar-refractivity contribution in [3.05, 3.63) is 227 Å². The lowest BCUT2D eigenvalue weighted by atomic mass is 9.77. The summed E-state index contributed by atoms with van der Waals surface area (Å²) in [6.07, 6.45) is 7.01. The highest BCUT2D eigenvalue weighted by Gasteiger charge is 2.39. The fraction of sp³-hybridized carbons (Fsp3) is 0.106. The smallest absolute Gasteiger partial charge is 0.243 e. The Labute approximate surface area is 317 Å². The number of aromatic nitrogens is 2. The summed E-state index contributed by atoms with van der Waals surface area (Å²) in [5, 5.41) is 9.91. The molecule has 7 aromatic rings. The van der Waals surface area contributed by atoms with Gasteiger partial charge in [-0.2, -0.15) is 9.57 Å². The standard InChI is InChI=1S/C47H38N4O2S/c48-32-37-26-27-46-38(31-44(29-36-16-6-1-7-17-36)51(33-39(46)28-37)54(52,53)45-24-14-5-15-25-45)30-43-34-50(35-49-43)47(40-18-8-2-9-19-40,41-20-10-3-11-21-41)42-22-12-4-13-23-42/h1-28,30,34-35,44H,29,31,33H2/b38-30+/t44-/m1/s1. The van der Waals surface area contributed by atoms with Crippen LogP contribution in [0.2, 0.25) is 0 Å². The lowest BCUT2D eigenvalue weighted by Crippen LogP contribution is -2.40. The van der Waals surface area contributed by atoms with Crippen LogP contribution in [0.4, 0.5) is 0 Å². The molecule has 0 fully saturated rings. The Balaban J connectivity index is 1.30. The van der Waals surface area contributed by atoms with E-state index in [-0.39, 0.29) is 11.4 Å². The van der Waals surface area contributed by atoms with E-state index in [0.29, 0.717) is 18.4 Å². The Morgan fingerprint density at radius 2 is 1.26 bits per heavy atom. The van der Waals surface area contributed by atoms with Crippen molar-refractivity contribution in [3.63, 3.8) is 0 Å². The first-order valence-corrected chi connectivity index (χ1v) is 19.5. The maximum absolute atomic E-state index is 14.5. The SMILES string of the molecule is N#Cc1ccc2c(c1)CN(S(=O)(=O)c1ccccc1)[C@H](Cc1ccccc1)C/C2=C\c1cn(C(c2ccccc2)(c2ccccc2)c2ccccc2)cn1. The normalized spacial score (nSPS) is 15.6. The number of rotatable bonds is 9. The molecule has 1 atom stereocenters. The summed E-state index contributed by atoms with van der Waals surface area (Å²) in [5.74, 6) is 0.